The first-order valence-corrected chi connectivity index (χ1v) is 10.2. The van der Waals surface area contributed by atoms with Crippen LogP contribution in [0.15, 0.2) is 54.9 Å². The fourth-order valence-electron chi connectivity index (χ4n) is 3.69. The molecule has 1 saturated heterocycles. The van der Waals surface area contributed by atoms with Crippen LogP contribution in [0.5, 0.6) is 0 Å². The molecule has 1 aliphatic heterocycles. The lowest BCUT2D eigenvalue weighted by Gasteiger charge is -2.31. The predicted molar refractivity (Wildman–Crippen MR) is 115 cm³/mol. The van der Waals surface area contributed by atoms with Crippen molar-refractivity contribution in [2.24, 2.45) is 0 Å². The van der Waals surface area contributed by atoms with Crippen LogP contribution in [0.3, 0.4) is 0 Å². The number of anilines is 2. The number of piperidine rings is 1. The van der Waals surface area contributed by atoms with Crippen LogP contribution in [0.1, 0.15) is 24.6 Å². The first kappa shape index (κ1) is 20.9. The molecule has 1 aliphatic rings. The van der Waals surface area contributed by atoms with Gasteiger partial charge in [-0.2, -0.15) is 0 Å². The van der Waals surface area contributed by atoms with Crippen molar-refractivity contribution in [1.29, 1.82) is 0 Å². The molecule has 4 rings (SSSR count). The molecule has 160 valence electrons. The van der Waals surface area contributed by atoms with Crippen molar-refractivity contribution in [2.75, 3.05) is 32.1 Å². The van der Waals surface area contributed by atoms with Gasteiger partial charge in [0.05, 0.1) is 5.69 Å². The minimum atomic E-state index is -0.320. The number of hydrogen-bond donors (Lipinski definition) is 1. The monoisotopic (exact) mass is 421 g/mol. The Morgan fingerprint density at radius 2 is 2.03 bits per heavy atom. The van der Waals surface area contributed by atoms with Gasteiger partial charge in [-0.25, -0.2) is 14.4 Å². The molecular formula is C23H24FN5O2. The van der Waals surface area contributed by atoms with Crippen LogP contribution in [-0.2, 0) is 9.53 Å². The van der Waals surface area contributed by atoms with Gasteiger partial charge in [0.15, 0.2) is 0 Å². The summed E-state index contributed by atoms with van der Waals surface area (Å²) in [7, 11) is 1.52. The Hall–Kier alpha value is -3.39. The largest absolute Gasteiger partial charge is 0.375 e. The zero-order valence-corrected chi connectivity index (χ0v) is 17.3. The van der Waals surface area contributed by atoms with E-state index in [1.165, 1.54) is 19.2 Å². The zero-order chi connectivity index (χ0) is 21.6. The van der Waals surface area contributed by atoms with E-state index in [4.69, 9.17) is 14.7 Å². The third-order valence-corrected chi connectivity index (χ3v) is 5.28. The fraction of sp³-hybridized carbons (Fsp3) is 0.304. The minimum Gasteiger partial charge on any atom is -0.375 e. The van der Waals surface area contributed by atoms with Crippen molar-refractivity contribution >= 4 is 17.4 Å². The normalized spacial score (nSPS) is 14.5. The molecule has 0 aliphatic carbocycles. The third-order valence-electron chi connectivity index (χ3n) is 5.28. The average molecular weight is 421 g/mol. The number of nitrogens with one attached hydrogen (secondary N) is 1. The summed E-state index contributed by atoms with van der Waals surface area (Å²) in [4.78, 5) is 27.6. The summed E-state index contributed by atoms with van der Waals surface area (Å²) in [5.74, 6) is 1.10. The van der Waals surface area contributed by atoms with Crippen LogP contribution in [-0.4, -0.2) is 52.6 Å². The molecule has 0 saturated carbocycles. The predicted octanol–water partition coefficient (Wildman–Crippen LogP) is 3.77. The number of pyridine rings is 1. The van der Waals surface area contributed by atoms with Crippen molar-refractivity contribution in [1.82, 2.24) is 19.9 Å². The number of rotatable bonds is 6. The number of halogens is 1. The highest BCUT2D eigenvalue weighted by molar-refractivity contribution is 5.77. The Labute approximate surface area is 180 Å². The minimum absolute atomic E-state index is 0.000520. The average Bonchev–Trinajstić information content (AvgIpc) is 2.80. The topological polar surface area (TPSA) is 80.2 Å². The number of benzene rings is 1. The third kappa shape index (κ3) is 5.21. The van der Waals surface area contributed by atoms with Crippen LogP contribution >= 0.6 is 0 Å². The van der Waals surface area contributed by atoms with Crippen molar-refractivity contribution < 1.29 is 13.9 Å². The summed E-state index contributed by atoms with van der Waals surface area (Å²) < 4.78 is 18.6. The molecule has 0 spiro atoms. The number of aromatic nitrogens is 3. The quantitative estimate of drug-likeness (QED) is 0.653. The summed E-state index contributed by atoms with van der Waals surface area (Å²) in [5.41, 5.74) is 2.23. The summed E-state index contributed by atoms with van der Waals surface area (Å²) >= 11 is 0. The van der Waals surface area contributed by atoms with E-state index >= 15 is 0 Å². The maximum absolute atomic E-state index is 13.6. The lowest BCUT2D eigenvalue weighted by Crippen LogP contribution is -2.40. The Kier molecular flexibility index (Phi) is 6.47. The van der Waals surface area contributed by atoms with Gasteiger partial charge < -0.3 is 15.0 Å². The first-order chi connectivity index (χ1) is 15.1. The second kappa shape index (κ2) is 9.61. The summed E-state index contributed by atoms with van der Waals surface area (Å²) in [6.45, 7) is 1.37. The van der Waals surface area contributed by atoms with Crippen LogP contribution in [0.4, 0.5) is 15.9 Å². The van der Waals surface area contributed by atoms with E-state index in [-0.39, 0.29) is 24.2 Å². The Morgan fingerprint density at radius 1 is 1.19 bits per heavy atom. The molecule has 2 aromatic heterocycles. The molecule has 3 aromatic rings. The van der Waals surface area contributed by atoms with E-state index in [0.29, 0.717) is 30.4 Å². The zero-order valence-electron chi connectivity index (χ0n) is 17.3. The van der Waals surface area contributed by atoms with E-state index in [1.807, 2.05) is 23.1 Å². The van der Waals surface area contributed by atoms with Gasteiger partial charge in [-0.05, 0) is 43.2 Å². The lowest BCUT2D eigenvalue weighted by atomic mass is 9.95. The molecule has 8 heteroatoms. The number of hydrogen-bond acceptors (Lipinski definition) is 6. The molecule has 31 heavy (non-hydrogen) atoms. The second-order valence-electron chi connectivity index (χ2n) is 7.46. The highest BCUT2D eigenvalue weighted by Crippen LogP contribution is 2.30. The maximum Gasteiger partial charge on any atom is 0.248 e. The van der Waals surface area contributed by atoms with E-state index < -0.39 is 0 Å². The number of likely N-dealkylation sites (tertiary alicyclic amines) is 1. The van der Waals surface area contributed by atoms with Crippen LogP contribution < -0.4 is 5.32 Å². The lowest BCUT2D eigenvalue weighted by molar-refractivity contribution is -0.136. The highest BCUT2D eigenvalue weighted by atomic mass is 19.1. The molecule has 0 unspecified atom stereocenters. The van der Waals surface area contributed by atoms with E-state index in [0.717, 1.165) is 24.1 Å². The molecule has 1 aromatic carbocycles. The molecule has 7 nitrogen and oxygen atoms in total. The highest BCUT2D eigenvalue weighted by Gasteiger charge is 2.26. The standard InChI is InChI=1S/C23H24FN5O2/c1-31-15-22(30)29-10-7-16(8-11-29)23-27-20(17-4-3-9-25-14-17)13-21(28-23)26-19-6-2-5-18(24)12-19/h2-6,9,12-14,16H,7-8,10-11,15H2,1H3,(H,26,27,28). The number of carbonyl (C=O) groups excluding carboxylic acids is 1. The van der Waals surface area contributed by atoms with E-state index in [2.05, 4.69) is 10.3 Å². The Balaban J connectivity index is 1.60. The molecule has 1 amide bonds. The molecule has 0 atom stereocenters. The summed E-state index contributed by atoms with van der Waals surface area (Å²) in [6.07, 6.45) is 5.01. The van der Waals surface area contributed by atoms with Gasteiger partial charge >= 0.3 is 0 Å². The van der Waals surface area contributed by atoms with Gasteiger partial charge in [0.1, 0.15) is 24.1 Å². The molecule has 1 N–H and O–H groups in total. The Morgan fingerprint density at radius 3 is 2.74 bits per heavy atom. The SMILES string of the molecule is COCC(=O)N1CCC(c2nc(Nc3cccc(F)c3)cc(-c3cccnc3)n2)CC1. The number of nitrogens with zero attached hydrogens (tertiary/aromatic N) is 4. The van der Waals surface area contributed by atoms with Crippen molar-refractivity contribution in [3.8, 4) is 11.3 Å². The van der Waals surface area contributed by atoms with Crippen molar-refractivity contribution in [3.63, 3.8) is 0 Å². The fourth-order valence-corrected chi connectivity index (χ4v) is 3.69. The van der Waals surface area contributed by atoms with Gasteiger partial charge in [-0.1, -0.05) is 6.07 Å². The number of methoxy groups -OCH3 is 1. The van der Waals surface area contributed by atoms with Gasteiger partial charge in [-0.3, -0.25) is 9.78 Å². The number of ether oxygens (including phenoxy) is 1. The molecule has 0 bridgehead atoms. The van der Waals surface area contributed by atoms with Gasteiger partial charge in [0.25, 0.3) is 0 Å². The number of amides is 1. The Bertz CT molecular complexity index is 1040. The van der Waals surface area contributed by atoms with E-state index in [1.54, 1.807) is 24.5 Å². The summed E-state index contributed by atoms with van der Waals surface area (Å²) in [5, 5.41) is 3.19. The van der Waals surface area contributed by atoms with Gasteiger partial charge in [0.2, 0.25) is 5.91 Å². The summed E-state index contributed by atoms with van der Waals surface area (Å²) in [6, 6.07) is 11.9. The molecule has 3 heterocycles. The molecular weight excluding hydrogens is 397 g/mol. The van der Waals surface area contributed by atoms with Crippen LogP contribution in [0.25, 0.3) is 11.3 Å². The smallest absolute Gasteiger partial charge is 0.248 e. The van der Waals surface area contributed by atoms with Crippen molar-refractivity contribution in [2.45, 2.75) is 18.8 Å². The van der Waals surface area contributed by atoms with Crippen LogP contribution in [0.2, 0.25) is 0 Å². The molecule has 1 fully saturated rings. The number of carbonyl (C=O) groups is 1. The first-order valence-electron chi connectivity index (χ1n) is 10.2. The maximum atomic E-state index is 13.6. The van der Waals surface area contributed by atoms with Gasteiger partial charge in [0, 0.05) is 55.8 Å². The molecule has 0 radical (unpaired) electrons. The van der Waals surface area contributed by atoms with Gasteiger partial charge in [-0.15, -0.1) is 0 Å². The van der Waals surface area contributed by atoms with Crippen LogP contribution in [0, 0.1) is 5.82 Å². The second-order valence-corrected chi connectivity index (χ2v) is 7.46. The van der Waals surface area contributed by atoms with Crippen molar-refractivity contribution in [3.05, 3.63) is 66.5 Å². The van der Waals surface area contributed by atoms with E-state index in [9.17, 15) is 9.18 Å².